The molecule has 7 aromatic rings. The highest BCUT2D eigenvalue weighted by molar-refractivity contribution is 6.12. The lowest BCUT2D eigenvalue weighted by Crippen LogP contribution is -2.17. The van der Waals surface area contributed by atoms with Gasteiger partial charge in [0.1, 0.15) is 17.6 Å². The first kappa shape index (κ1) is 31.3. The van der Waals surface area contributed by atoms with E-state index in [4.69, 9.17) is 13.6 Å². The lowest BCUT2D eigenvalue weighted by atomic mass is 10.00. The van der Waals surface area contributed by atoms with Crippen LogP contribution in [0.1, 0.15) is 44.9 Å². The summed E-state index contributed by atoms with van der Waals surface area (Å²) in [6.07, 6.45) is 1.14. The van der Waals surface area contributed by atoms with Crippen molar-refractivity contribution < 1.29 is 18.4 Å². The molecule has 0 amide bonds. The van der Waals surface area contributed by atoms with E-state index < -0.39 is 6.04 Å². The van der Waals surface area contributed by atoms with Crippen molar-refractivity contribution in [3.63, 3.8) is 0 Å². The predicted octanol–water partition coefficient (Wildman–Crippen LogP) is 8.95. The minimum absolute atomic E-state index is 0.0726. The second-order valence-electron chi connectivity index (χ2n) is 11.6. The molecule has 0 radical (unpaired) electrons. The number of para-hydroxylation sites is 1. The topological polar surface area (TPSA) is 103 Å². The molecule has 0 saturated heterocycles. The van der Waals surface area contributed by atoms with E-state index in [1.54, 1.807) is 0 Å². The van der Waals surface area contributed by atoms with Gasteiger partial charge in [0.25, 0.3) is 0 Å². The average molecular weight is 647 g/mol. The standard InChI is InChI=1S/C41H34N4O4/c1-28-35(43-39(48-28)31-15-7-3-8-16-31)25-26-47-33-23-21-29(22-24-33)27-37(41-45-44-40(49-41)32-17-9-4-10-18-32)42-36-20-12-11-19-34(36)38(46)30-13-5-2-6-14-30/h2-24,37,42H,25-27H2,1H3/t37-/m0/s1. The van der Waals surface area contributed by atoms with Crippen LogP contribution < -0.4 is 10.1 Å². The Hall–Kier alpha value is -6.28. The molecule has 0 fully saturated rings. The number of ether oxygens (including phenoxy) is 1. The molecule has 2 aromatic heterocycles. The third-order valence-electron chi connectivity index (χ3n) is 8.18. The Labute approximate surface area is 284 Å². The van der Waals surface area contributed by atoms with Crippen molar-refractivity contribution >= 4 is 11.5 Å². The summed E-state index contributed by atoms with van der Waals surface area (Å²) in [6.45, 7) is 2.39. The minimum Gasteiger partial charge on any atom is -0.493 e. The first-order valence-corrected chi connectivity index (χ1v) is 16.2. The highest BCUT2D eigenvalue weighted by Crippen LogP contribution is 2.29. The van der Waals surface area contributed by atoms with Crippen molar-refractivity contribution in [2.75, 3.05) is 11.9 Å². The number of nitrogens with one attached hydrogen (secondary N) is 1. The Morgan fingerprint density at radius 1 is 0.714 bits per heavy atom. The van der Waals surface area contributed by atoms with Crippen LogP contribution in [0.5, 0.6) is 5.75 Å². The summed E-state index contributed by atoms with van der Waals surface area (Å²) in [5, 5.41) is 12.3. The molecule has 5 aromatic carbocycles. The van der Waals surface area contributed by atoms with Crippen LogP contribution in [0, 0.1) is 6.92 Å². The van der Waals surface area contributed by atoms with Crippen molar-refractivity contribution in [1.82, 2.24) is 15.2 Å². The molecule has 1 N–H and O–H groups in total. The van der Waals surface area contributed by atoms with Crippen molar-refractivity contribution in [1.29, 1.82) is 0 Å². The maximum Gasteiger partial charge on any atom is 0.247 e. The fraction of sp³-hybridized carbons (Fsp3) is 0.122. The number of hydrogen-bond donors (Lipinski definition) is 1. The van der Waals surface area contributed by atoms with E-state index in [0.717, 1.165) is 33.9 Å². The van der Waals surface area contributed by atoms with Gasteiger partial charge in [-0.25, -0.2) is 4.98 Å². The molecule has 49 heavy (non-hydrogen) atoms. The number of benzene rings is 5. The first-order valence-electron chi connectivity index (χ1n) is 16.2. The molecule has 0 aliphatic carbocycles. The largest absolute Gasteiger partial charge is 0.493 e. The summed E-state index contributed by atoms with van der Waals surface area (Å²) in [6, 6.07) is 43.8. The van der Waals surface area contributed by atoms with Crippen LogP contribution in [-0.2, 0) is 12.8 Å². The second kappa shape index (κ2) is 14.6. The van der Waals surface area contributed by atoms with Crippen LogP contribution in [0.4, 0.5) is 5.69 Å². The maximum absolute atomic E-state index is 13.5. The normalized spacial score (nSPS) is 11.6. The third-order valence-corrected chi connectivity index (χ3v) is 8.18. The number of aryl methyl sites for hydroxylation is 1. The zero-order chi connectivity index (χ0) is 33.4. The molecule has 8 nitrogen and oxygen atoms in total. The van der Waals surface area contributed by atoms with Crippen molar-refractivity contribution in [2.24, 2.45) is 0 Å². The monoisotopic (exact) mass is 646 g/mol. The van der Waals surface area contributed by atoms with E-state index in [1.165, 1.54) is 0 Å². The molecule has 242 valence electrons. The Bertz CT molecular complexity index is 2130. The number of ketones is 1. The number of nitrogens with zero attached hydrogens (tertiary/aromatic N) is 3. The van der Waals surface area contributed by atoms with Gasteiger partial charge in [-0.2, -0.15) is 0 Å². The van der Waals surface area contributed by atoms with E-state index in [9.17, 15) is 4.79 Å². The molecule has 2 heterocycles. The molecule has 0 unspecified atom stereocenters. The smallest absolute Gasteiger partial charge is 0.247 e. The van der Waals surface area contributed by atoms with E-state index in [-0.39, 0.29) is 5.78 Å². The summed E-state index contributed by atoms with van der Waals surface area (Å²) in [5.41, 5.74) is 5.54. The van der Waals surface area contributed by atoms with Gasteiger partial charge in [-0.15, -0.1) is 10.2 Å². The van der Waals surface area contributed by atoms with Crippen molar-refractivity contribution in [3.05, 3.63) is 174 Å². The Morgan fingerprint density at radius 2 is 1.35 bits per heavy atom. The van der Waals surface area contributed by atoms with Gasteiger partial charge in [-0.3, -0.25) is 4.79 Å². The van der Waals surface area contributed by atoms with Gasteiger partial charge in [0.15, 0.2) is 5.78 Å². The summed E-state index contributed by atoms with van der Waals surface area (Å²) in [5.74, 6) is 2.93. The molecule has 7 rings (SSSR count). The van der Waals surface area contributed by atoms with Crippen molar-refractivity contribution in [3.8, 4) is 28.7 Å². The lowest BCUT2D eigenvalue weighted by Gasteiger charge is -2.19. The maximum atomic E-state index is 13.5. The number of carbonyl (C=O) groups excluding carboxylic acids is 1. The van der Waals surface area contributed by atoms with Crippen LogP contribution in [0.2, 0.25) is 0 Å². The third kappa shape index (κ3) is 7.49. The molecule has 0 aliphatic rings. The van der Waals surface area contributed by atoms with Gasteiger partial charge in [0.2, 0.25) is 17.7 Å². The van der Waals surface area contributed by atoms with Crippen LogP contribution in [0.15, 0.2) is 148 Å². The number of anilines is 1. The Morgan fingerprint density at radius 3 is 2.06 bits per heavy atom. The van der Waals surface area contributed by atoms with Crippen LogP contribution in [0.3, 0.4) is 0 Å². The van der Waals surface area contributed by atoms with Crippen molar-refractivity contribution in [2.45, 2.75) is 25.8 Å². The van der Waals surface area contributed by atoms with Crippen LogP contribution >= 0.6 is 0 Å². The molecule has 0 aliphatic heterocycles. The summed E-state index contributed by atoms with van der Waals surface area (Å²) in [4.78, 5) is 18.2. The Kier molecular flexibility index (Phi) is 9.36. The van der Waals surface area contributed by atoms with E-state index in [0.29, 0.717) is 53.9 Å². The minimum atomic E-state index is -0.421. The summed E-state index contributed by atoms with van der Waals surface area (Å²) in [7, 11) is 0. The molecule has 1 atom stereocenters. The Balaban J connectivity index is 1.07. The second-order valence-corrected chi connectivity index (χ2v) is 11.6. The molecule has 0 saturated carbocycles. The van der Waals surface area contributed by atoms with Crippen LogP contribution in [0.25, 0.3) is 22.9 Å². The van der Waals surface area contributed by atoms with Gasteiger partial charge >= 0.3 is 0 Å². The fourth-order valence-corrected chi connectivity index (χ4v) is 5.60. The number of rotatable bonds is 13. The lowest BCUT2D eigenvalue weighted by molar-refractivity contribution is 0.103. The highest BCUT2D eigenvalue weighted by Gasteiger charge is 2.23. The number of oxazole rings is 1. The molecule has 0 spiro atoms. The van der Waals surface area contributed by atoms with Gasteiger partial charge in [0.05, 0.1) is 12.3 Å². The summed E-state index contributed by atoms with van der Waals surface area (Å²) >= 11 is 0. The molecular formula is C41H34N4O4. The molecule has 0 bridgehead atoms. The average Bonchev–Trinajstić information content (AvgIpc) is 3.80. The number of aromatic nitrogens is 3. The SMILES string of the molecule is Cc1oc(-c2ccccc2)nc1CCOc1ccc(C[C@H](Nc2ccccc2C(=O)c2ccccc2)c2nnc(-c3ccccc3)o2)cc1. The quantitative estimate of drug-likeness (QED) is 0.124. The van der Waals surface area contributed by atoms with E-state index >= 15 is 0 Å². The zero-order valence-corrected chi connectivity index (χ0v) is 27.0. The molecule has 8 heteroatoms. The zero-order valence-electron chi connectivity index (χ0n) is 27.0. The molecular weight excluding hydrogens is 612 g/mol. The van der Waals surface area contributed by atoms with Gasteiger partial charge in [-0.05, 0) is 61.0 Å². The van der Waals surface area contributed by atoms with Gasteiger partial charge in [0, 0.05) is 40.8 Å². The van der Waals surface area contributed by atoms with E-state index in [1.807, 2.05) is 146 Å². The van der Waals surface area contributed by atoms with Gasteiger partial charge in [-0.1, -0.05) is 91.0 Å². The first-order chi connectivity index (χ1) is 24.1. The van der Waals surface area contributed by atoms with E-state index in [2.05, 4.69) is 20.5 Å². The number of carbonyl (C=O) groups is 1. The van der Waals surface area contributed by atoms with Crippen LogP contribution in [-0.4, -0.2) is 27.6 Å². The summed E-state index contributed by atoms with van der Waals surface area (Å²) < 4.78 is 18.2. The van der Waals surface area contributed by atoms with Gasteiger partial charge < -0.3 is 18.9 Å². The number of hydrogen-bond acceptors (Lipinski definition) is 8. The highest BCUT2D eigenvalue weighted by atomic mass is 16.5. The predicted molar refractivity (Wildman–Crippen MR) is 188 cm³/mol. The fourth-order valence-electron chi connectivity index (χ4n) is 5.60.